The predicted molar refractivity (Wildman–Crippen MR) is 134 cm³/mol. The Bertz CT molecular complexity index is 1130. The van der Waals surface area contributed by atoms with Crippen LogP contribution in [0.1, 0.15) is 42.5 Å². The topological polar surface area (TPSA) is 96.9 Å². The minimum absolute atomic E-state index is 0.0200. The third kappa shape index (κ3) is 6.70. The monoisotopic (exact) mass is 538 g/mol. The van der Waals surface area contributed by atoms with Crippen molar-refractivity contribution in [3.8, 4) is 0 Å². The molecule has 2 aliphatic rings. The van der Waals surface area contributed by atoms with Crippen molar-refractivity contribution in [1.82, 2.24) is 19.8 Å². The van der Waals surface area contributed by atoms with Crippen molar-refractivity contribution in [2.45, 2.75) is 38.4 Å². The quantitative estimate of drug-likeness (QED) is 0.437. The lowest BCUT2D eigenvalue weighted by Gasteiger charge is -2.37. The minimum Gasteiger partial charge on any atom is -0.399 e. The number of oxime groups is 1. The molecule has 0 aliphatic carbocycles. The van der Waals surface area contributed by atoms with Gasteiger partial charge in [0.15, 0.2) is 0 Å². The lowest BCUT2D eigenvalue weighted by molar-refractivity contribution is -0.138. The average Bonchev–Trinajstić information content (AvgIpc) is 2.87. The Balaban J connectivity index is 1.32. The van der Waals surface area contributed by atoms with Crippen LogP contribution in [0.4, 0.5) is 19.0 Å². The van der Waals surface area contributed by atoms with Crippen molar-refractivity contribution >= 4 is 29.0 Å². The summed E-state index contributed by atoms with van der Waals surface area (Å²) in [6.45, 7) is 3.50. The molecular formula is C25H30ClF3N6O2. The molecule has 2 aromatic heterocycles. The van der Waals surface area contributed by atoms with Gasteiger partial charge in [-0.05, 0) is 62.5 Å². The van der Waals surface area contributed by atoms with Crippen molar-refractivity contribution in [2.24, 2.45) is 17.0 Å². The maximum Gasteiger partial charge on any atom is 0.417 e. The summed E-state index contributed by atoms with van der Waals surface area (Å²) >= 11 is 6.16. The number of aromatic nitrogens is 2. The molecule has 0 atom stereocenters. The second-order valence-corrected chi connectivity index (χ2v) is 9.86. The first kappa shape index (κ1) is 27.1. The molecule has 1 amide bonds. The maximum absolute atomic E-state index is 13.2. The number of hydrogen-bond acceptors (Lipinski definition) is 7. The number of amides is 1. The molecule has 4 heterocycles. The number of nitrogens with two attached hydrogens (primary N) is 1. The molecular weight excluding hydrogens is 509 g/mol. The van der Waals surface area contributed by atoms with Crippen LogP contribution in [0.25, 0.3) is 0 Å². The number of piperidine rings is 2. The summed E-state index contributed by atoms with van der Waals surface area (Å²) in [5.74, 6) is 0.497. The molecule has 2 N–H and O–H groups in total. The molecule has 2 aromatic rings. The van der Waals surface area contributed by atoms with E-state index in [4.69, 9.17) is 22.2 Å². The third-order valence-electron chi connectivity index (χ3n) is 6.98. The number of likely N-dealkylation sites (tertiary alicyclic amines) is 2. The maximum atomic E-state index is 13.2. The molecule has 0 saturated carbocycles. The Morgan fingerprint density at radius 1 is 1.14 bits per heavy atom. The highest BCUT2D eigenvalue weighted by molar-refractivity contribution is 6.34. The molecule has 0 spiro atoms. The first-order valence-corrected chi connectivity index (χ1v) is 12.6. The van der Waals surface area contributed by atoms with E-state index in [2.05, 4.69) is 20.0 Å². The van der Waals surface area contributed by atoms with Gasteiger partial charge in [0.25, 0.3) is 0 Å². The number of rotatable bonds is 6. The second kappa shape index (κ2) is 11.6. The molecule has 4 rings (SSSR count). The largest absolute Gasteiger partial charge is 0.417 e. The highest BCUT2D eigenvalue weighted by Gasteiger charge is 2.35. The zero-order chi connectivity index (χ0) is 26.6. The lowest BCUT2D eigenvalue weighted by atomic mass is 9.88. The zero-order valence-electron chi connectivity index (χ0n) is 20.5. The van der Waals surface area contributed by atoms with Gasteiger partial charge in [0.1, 0.15) is 24.3 Å². The molecule has 200 valence electrons. The Morgan fingerprint density at radius 3 is 2.41 bits per heavy atom. The average molecular weight is 539 g/mol. The van der Waals surface area contributed by atoms with Crippen LogP contribution in [0.2, 0.25) is 5.02 Å². The van der Waals surface area contributed by atoms with Crippen molar-refractivity contribution in [2.75, 3.05) is 39.0 Å². The number of halogens is 4. The Labute approximate surface area is 218 Å². The van der Waals surface area contributed by atoms with E-state index in [1.807, 2.05) is 17.0 Å². The van der Waals surface area contributed by atoms with Gasteiger partial charge in [-0.1, -0.05) is 16.8 Å². The number of nitrogens with zero attached hydrogens (tertiary/aromatic N) is 5. The zero-order valence-corrected chi connectivity index (χ0v) is 21.3. The first-order valence-electron chi connectivity index (χ1n) is 12.2. The Morgan fingerprint density at radius 2 is 1.81 bits per heavy atom. The van der Waals surface area contributed by atoms with Crippen molar-refractivity contribution in [3.05, 3.63) is 52.4 Å². The van der Waals surface area contributed by atoms with Gasteiger partial charge in [-0.3, -0.25) is 14.7 Å². The normalized spacial score (nSPS) is 18.7. The van der Waals surface area contributed by atoms with Crippen molar-refractivity contribution in [3.63, 3.8) is 0 Å². The molecule has 2 saturated heterocycles. The fourth-order valence-corrected chi connectivity index (χ4v) is 5.27. The second-order valence-electron chi connectivity index (χ2n) is 9.45. The van der Waals surface area contributed by atoms with Crippen LogP contribution in [-0.2, 0) is 22.4 Å². The van der Waals surface area contributed by atoms with Crippen molar-refractivity contribution < 1.29 is 22.8 Å². The van der Waals surface area contributed by atoms with E-state index in [0.29, 0.717) is 37.5 Å². The van der Waals surface area contributed by atoms with E-state index in [1.54, 1.807) is 6.20 Å². The minimum atomic E-state index is -4.54. The van der Waals surface area contributed by atoms with E-state index < -0.39 is 11.7 Å². The van der Waals surface area contributed by atoms with Gasteiger partial charge >= 0.3 is 6.18 Å². The molecule has 37 heavy (non-hydrogen) atoms. The Hall–Kier alpha value is -2.92. The van der Waals surface area contributed by atoms with Crippen LogP contribution in [0, 0.1) is 11.8 Å². The van der Waals surface area contributed by atoms with E-state index in [9.17, 15) is 18.0 Å². The molecule has 8 nitrogen and oxygen atoms in total. The van der Waals surface area contributed by atoms with E-state index in [-0.39, 0.29) is 28.5 Å². The molecule has 12 heteroatoms. The fourth-order valence-electron chi connectivity index (χ4n) is 5.01. The summed E-state index contributed by atoms with van der Waals surface area (Å²) < 4.78 is 39.0. The van der Waals surface area contributed by atoms with E-state index >= 15 is 0 Å². The molecule has 0 unspecified atom stereocenters. The molecule has 0 aromatic carbocycles. The summed E-state index contributed by atoms with van der Waals surface area (Å²) in [4.78, 5) is 30.3. The number of alkyl halides is 3. The smallest absolute Gasteiger partial charge is 0.399 e. The molecule has 0 radical (unpaired) electrons. The lowest BCUT2D eigenvalue weighted by Crippen LogP contribution is -2.46. The summed E-state index contributed by atoms with van der Waals surface area (Å²) in [6.07, 6.45) is 0.685. The number of carbonyl (C=O) groups is 1. The number of hydrogen-bond donors (Lipinski definition) is 1. The van der Waals surface area contributed by atoms with Gasteiger partial charge in [-0.25, -0.2) is 4.98 Å². The fraction of sp³-hybridized carbons (Fsp3) is 0.520. The van der Waals surface area contributed by atoms with E-state index in [1.165, 1.54) is 7.11 Å². The number of anilines is 1. The van der Waals surface area contributed by atoms with Crippen LogP contribution in [-0.4, -0.2) is 64.7 Å². The van der Waals surface area contributed by atoms with Crippen LogP contribution >= 0.6 is 11.6 Å². The summed E-state index contributed by atoms with van der Waals surface area (Å²) in [5.41, 5.74) is 6.53. The van der Waals surface area contributed by atoms with Crippen LogP contribution < -0.4 is 5.73 Å². The summed E-state index contributed by atoms with van der Waals surface area (Å²) in [6, 6.07) is 4.67. The standard InChI is InChI=1S/C25H30ClF3N6O2/c1-37-33-22(23-20(26)13-19(14-32-23)25(27,28)29)17-5-10-35(11-6-17)24(36)18-3-8-34(9-4-18)15-16-2-7-31-21(30)12-16/h2,7,12-14,17-18H,3-6,8-11,15H2,1H3,(H2,30,31)/b33-22+. The Kier molecular flexibility index (Phi) is 8.53. The number of nitrogen functional groups attached to an aromatic ring is 1. The third-order valence-corrected chi connectivity index (χ3v) is 7.27. The predicted octanol–water partition coefficient (Wildman–Crippen LogP) is 4.23. The van der Waals surface area contributed by atoms with Gasteiger partial charge in [0.2, 0.25) is 5.91 Å². The number of pyridine rings is 2. The molecule has 0 bridgehead atoms. The molecule has 2 aliphatic heterocycles. The van der Waals surface area contributed by atoms with Crippen LogP contribution in [0.5, 0.6) is 0 Å². The van der Waals surface area contributed by atoms with Gasteiger partial charge in [-0.2, -0.15) is 13.2 Å². The summed E-state index contributed by atoms with van der Waals surface area (Å²) in [7, 11) is 1.37. The van der Waals surface area contributed by atoms with Gasteiger partial charge in [0, 0.05) is 43.9 Å². The van der Waals surface area contributed by atoms with Gasteiger partial charge < -0.3 is 15.5 Å². The van der Waals surface area contributed by atoms with Crippen LogP contribution in [0.3, 0.4) is 0 Å². The SMILES string of the molecule is CO/N=C(/c1ncc(C(F)(F)F)cc1Cl)C1CCN(C(=O)C2CCN(Cc3ccnc(N)c3)CC2)CC1. The number of carbonyl (C=O) groups excluding carboxylic acids is 1. The molecule has 2 fully saturated rings. The van der Waals surface area contributed by atoms with E-state index in [0.717, 1.165) is 50.3 Å². The summed E-state index contributed by atoms with van der Waals surface area (Å²) in [5, 5.41) is 3.91. The van der Waals surface area contributed by atoms with Gasteiger partial charge in [-0.15, -0.1) is 0 Å². The highest BCUT2D eigenvalue weighted by Crippen LogP contribution is 2.33. The van der Waals surface area contributed by atoms with Crippen LogP contribution in [0.15, 0.2) is 35.7 Å². The highest BCUT2D eigenvalue weighted by atomic mass is 35.5. The van der Waals surface area contributed by atoms with Gasteiger partial charge in [0.05, 0.1) is 10.6 Å². The first-order chi connectivity index (χ1) is 17.7. The van der Waals surface area contributed by atoms with Crippen molar-refractivity contribution in [1.29, 1.82) is 0 Å².